The first kappa shape index (κ1) is 35.9. The Labute approximate surface area is 241 Å². The molecule has 7 nitrogen and oxygen atoms in total. The summed E-state index contributed by atoms with van der Waals surface area (Å²) in [6, 6.07) is 6.78. The number of ether oxygens (including phenoxy) is 2. The summed E-state index contributed by atoms with van der Waals surface area (Å²) in [4.78, 5) is 17.3. The second-order valence-corrected chi connectivity index (χ2v) is 8.24. The molecule has 1 saturated heterocycles. The predicted molar refractivity (Wildman–Crippen MR) is 169 cm³/mol. The number of para-hydroxylation sites is 1. The van der Waals surface area contributed by atoms with Crippen LogP contribution in [-0.2, 0) is 4.74 Å². The van der Waals surface area contributed by atoms with Crippen LogP contribution >= 0.6 is 0 Å². The summed E-state index contributed by atoms with van der Waals surface area (Å²) in [5.41, 5.74) is 1.32. The van der Waals surface area contributed by atoms with E-state index in [1.807, 2.05) is 56.6 Å². The van der Waals surface area contributed by atoms with E-state index >= 15 is 0 Å². The fraction of sp³-hybridized carbons (Fsp3) is 0.333. The van der Waals surface area contributed by atoms with Crippen molar-refractivity contribution in [3.05, 3.63) is 116 Å². The van der Waals surface area contributed by atoms with E-state index in [-0.39, 0.29) is 5.56 Å². The standard InChI is InChI=1S/C16H21NO.C15H20N2O3.C2H6/c1-4-7-8-9-13-18-14-10-11-16(6-3)15-17-12-5-2;1-16-11-17-8-6-12(7-9-17)10-20-14-5-3-2-4-13(14)15(18)19;1-2/h4-11,13-14,17H,1-3,12,15H2;2-5,11-12H,6-10H2,1H3,(H,18,19);1-2H3/b8-7-,13-9+,14-10+,16-11+;;. The number of nitrogens with one attached hydrogen (secondary N) is 1. The van der Waals surface area contributed by atoms with E-state index in [1.165, 1.54) is 0 Å². The van der Waals surface area contributed by atoms with Crippen molar-refractivity contribution in [3.8, 4) is 5.75 Å². The number of benzene rings is 1. The van der Waals surface area contributed by atoms with Crippen LogP contribution in [0, 0.1) is 5.92 Å². The molecule has 1 aliphatic rings. The van der Waals surface area contributed by atoms with Crippen LogP contribution in [0.4, 0.5) is 0 Å². The van der Waals surface area contributed by atoms with Crippen LogP contribution in [-0.4, -0.2) is 62.1 Å². The van der Waals surface area contributed by atoms with Crippen LogP contribution in [0.5, 0.6) is 5.75 Å². The Bertz CT molecular complexity index is 1000. The normalized spacial score (nSPS) is 14.0. The first-order valence-electron chi connectivity index (χ1n) is 13.6. The Morgan fingerprint density at radius 3 is 2.42 bits per heavy atom. The largest absolute Gasteiger partial charge is 0.492 e. The number of rotatable bonds is 15. The molecule has 1 fully saturated rings. The molecule has 0 aliphatic carbocycles. The van der Waals surface area contributed by atoms with Crippen molar-refractivity contribution in [1.82, 2.24) is 10.2 Å². The molecule has 1 aromatic carbocycles. The van der Waals surface area contributed by atoms with Gasteiger partial charge < -0.3 is 24.8 Å². The number of aromatic carboxylic acids is 1. The maximum Gasteiger partial charge on any atom is 0.339 e. The molecular formula is C33H47N3O4. The van der Waals surface area contributed by atoms with Crippen LogP contribution in [0.3, 0.4) is 0 Å². The summed E-state index contributed by atoms with van der Waals surface area (Å²) in [5, 5.41) is 12.3. The zero-order valence-corrected chi connectivity index (χ0v) is 24.4. The molecule has 1 aromatic rings. The lowest BCUT2D eigenvalue weighted by Gasteiger charge is -2.30. The maximum atomic E-state index is 11.1. The molecule has 0 bridgehead atoms. The molecule has 2 N–H and O–H groups in total. The topological polar surface area (TPSA) is 83.4 Å². The van der Waals surface area contributed by atoms with Gasteiger partial charge in [-0.15, -0.1) is 6.58 Å². The van der Waals surface area contributed by atoms with Crippen molar-refractivity contribution in [2.75, 3.05) is 39.8 Å². The van der Waals surface area contributed by atoms with Gasteiger partial charge in [-0.05, 0) is 48.6 Å². The molecule has 2 rings (SSSR count). The molecule has 1 aliphatic heterocycles. The minimum absolute atomic E-state index is 0.225. The third kappa shape index (κ3) is 17.4. The van der Waals surface area contributed by atoms with E-state index in [1.54, 1.807) is 56.0 Å². The molecule has 0 radical (unpaired) electrons. The third-order valence-corrected chi connectivity index (χ3v) is 5.38. The lowest BCUT2D eigenvalue weighted by molar-refractivity contribution is 0.0690. The van der Waals surface area contributed by atoms with Gasteiger partial charge in [0.25, 0.3) is 0 Å². The second kappa shape index (κ2) is 25.2. The van der Waals surface area contributed by atoms with E-state index < -0.39 is 5.97 Å². The van der Waals surface area contributed by atoms with E-state index in [0.29, 0.717) is 18.3 Å². The Morgan fingerprint density at radius 2 is 1.80 bits per heavy atom. The highest BCUT2D eigenvalue weighted by Crippen LogP contribution is 2.22. The first-order chi connectivity index (χ1) is 19.5. The molecule has 0 aromatic heterocycles. The zero-order valence-electron chi connectivity index (χ0n) is 24.4. The highest BCUT2D eigenvalue weighted by molar-refractivity contribution is 5.90. The van der Waals surface area contributed by atoms with E-state index in [0.717, 1.165) is 44.6 Å². The number of allylic oxidation sites excluding steroid dienone is 6. The number of piperidine rings is 1. The number of carboxylic acids is 1. The van der Waals surface area contributed by atoms with Gasteiger partial charge in [0, 0.05) is 33.2 Å². The lowest BCUT2D eigenvalue weighted by atomic mass is 9.98. The third-order valence-electron chi connectivity index (χ3n) is 5.38. The molecule has 1 heterocycles. The second-order valence-electron chi connectivity index (χ2n) is 8.24. The Hall–Kier alpha value is -4.10. The molecule has 7 heteroatoms. The monoisotopic (exact) mass is 549 g/mol. The van der Waals surface area contributed by atoms with E-state index in [2.05, 4.69) is 34.9 Å². The van der Waals surface area contributed by atoms with Gasteiger partial charge in [0.2, 0.25) is 0 Å². The fourth-order valence-electron chi connectivity index (χ4n) is 3.38. The molecule has 0 unspecified atom stereocenters. The van der Waals surface area contributed by atoms with Crippen molar-refractivity contribution in [1.29, 1.82) is 0 Å². The summed E-state index contributed by atoms with van der Waals surface area (Å²) >= 11 is 0. The number of aliphatic imine (C=N–C) groups is 1. The van der Waals surface area contributed by atoms with Crippen LogP contribution in [0.15, 0.2) is 116 Å². The minimum atomic E-state index is -0.949. The van der Waals surface area contributed by atoms with Crippen LogP contribution in [0.1, 0.15) is 37.0 Å². The quantitative estimate of drug-likeness (QED) is 0.0624. The van der Waals surface area contributed by atoms with Gasteiger partial charge in [0.1, 0.15) is 11.3 Å². The molecule has 40 heavy (non-hydrogen) atoms. The van der Waals surface area contributed by atoms with Gasteiger partial charge in [0.15, 0.2) is 0 Å². The van der Waals surface area contributed by atoms with Crippen molar-refractivity contribution in [2.24, 2.45) is 10.9 Å². The Balaban J connectivity index is 0.000000721. The van der Waals surface area contributed by atoms with Crippen molar-refractivity contribution >= 4 is 12.3 Å². The molecule has 0 spiro atoms. The fourth-order valence-corrected chi connectivity index (χ4v) is 3.38. The number of carboxylic acid groups (broad SMARTS) is 1. The van der Waals surface area contributed by atoms with Crippen molar-refractivity contribution in [2.45, 2.75) is 26.7 Å². The molecule has 0 atom stereocenters. The highest BCUT2D eigenvalue weighted by atomic mass is 16.5. The predicted octanol–water partition coefficient (Wildman–Crippen LogP) is 6.82. The van der Waals surface area contributed by atoms with Gasteiger partial charge in [-0.1, -0.05) is 75.6 Å². The zero-order chi connectivity index (χ0) is 29.8. The molecule has 0 saturated carbocycles. The van der Waals surface area contributed by atoms with Crippen molar-refractivity contribution < 1.29 is 19.4 Å². The molecule has 0 amide bonds. The average Bonchev–Trinajstić information content (AvgIpc) is 2.99. The van der Waals surface area contributed by atoms with Gasteiger partial charge >= 0.3 is 5.97 Å². The Morgan fingerprint density at radius 1 is 1.10 bits per heavy atom. The highest BCUT2D eigenvalue weighted by Gasteiger charge is 2.19. The Kier molecular flexibility index (Phi) is 22.6. The summed E-state index contributed by atoms with van der Waals surface area (Å²) in [5.74, 6) is -0.0227. The van der Waals surface area contributed by atoms with Crippen molar-refractivity contribution in [3.63, 3.8) is 0 Å². The minimum Gasteiger partial charge on any atom is -0.492 e. The summed E-state index contributed by atoms with van der Waals surface area (Å²) in [6.45, 7) is 19.0. The van der Waals surface area contributed by atoms with Gasteiger partial charge in [-0.2, -0.15) is 0 Å². The van der Waals surface area contributed by atoms with Crippen LogP contribution in [0.25, 0.3) is 0 Å². The van der Waals surface area contributed by atoms with E-state index in [4.69, 9.17) is 14.6 Å². The number of hydrogen-bond acceptors (Lipinski definition) is 5. The lowest BCUT2D eigenvalue weighted by Crippen LogP contribution is -2.34. The van der Waals surface area contributed by atoms with Gasteiger partial charge in [-0.25, -0.2) is 4.79 Å². The first-order valence-corrected chi connectivity index (χ1v) is 13.6. The number of nitrogens with zero attached hydrogens (tertiary/aromatic N) is 2. The SMILES string of the molecule is C=C/C=C\C=C\O/C=C/C=C(\C=C)CNCC=C.CC.CN=CN1CCC(COc2ccccc2C(=O)O)CC1. The molecule has 218 valence electrons. The molecular weight excluding hydrogens is 502 g/mol. The maximum absolute atomic E-state index is 11.1. The smallest absolute Gasteiger partial charge is 0.339 e. The number of likely N-dealkylation sites (tertiary alicyclic amines) is 1. The van der Waals surface area contributed by atoms with E-state index in [9.17, 15) is 4.79 Å². The average molecular weight is 550 g/mol. The van der Waals surface area contributed by atoms with Crippen LogP contribution in [0.2, 0.25) is 0 Å². The summed E-state index contributed by atoms with van der Waals surface area (Å²) < 4.78 is 10.8. The summed E-state index contributed by atoms with van der Waals surface area (Å²) in [7, 11) is 1.78. The summed E-state index contributed by atoms with van der Waals surface area (Å²) in [6.07, 6.45) is 21.7. The number of carbonyl (C=O) groups is 1. The van der Waals surface area contributed by atoms with Crippen LogP contribution < -0.4 is 10.1 Å². The van der Waals surface area contributed by atoms with Gasteiger partial charge in [0.05, 0.1) is 25.5 Å². The number of hydrogen-bond donors (Lipinski definition) is 2. The van der Waals surface area contributed by atoms with Gasteiger partial charge in [-0.3, -0.25) is 4.99 Å².